The molecule has 1 amide bonds. The molecule has 4 aromatic rings. The molecule has 5 rings (SSSR count). The van der Waals surface area contributed by atoms with Crippen LogP contribution < -0.4 is 4.74 Å². The quantitative estimate of drug-likeness (QED) is 0.177. The Labute approximate surface area is 222 Å². The maximum Gasteiger partial charge on any atom is 0.266 e. The highest BCUT2D eigenvalue weighted by atomic mass is 79.9. The predicted octanol–water partition coefficient (Wildman–Crippen LogP) is 7.89. The molecule has 4 aromatic carbocycles. The number of hydrogen-bond donors (Lipinski definition) is 0. The molecule has 0 spiro atoms. The van der Waals surface area contributed by atoms with Crippen molar-refractivity contribution in [3.63, 3.8) is 0 Å². The zero-order chi connectivity index (χ0) is 24.4. The van der Waals surface area contributed by atoms with Gasteiger partial charge in [-0.2, -0.15) is 0 Å². The molecular formula is C29H22BrNO2S2. The highest BCUT2D eigenvalue weighted by Crippen LogP contribution is 2.35. The molecule has 174 valence electrons. The number of halogens is 1. The summed E-state index contributed by atoms with van der Waals surface area (Å²) in [4.78, 5) is 15.3. The molecule has 0 unspecified atom stereocenters. The zero-order valence-electron chi connectivity index (χ0n) is 19.0. The normalized spacial score (nSPS) is 14.8. The Morgan fingerprint density at radius 2 is 1.77 bits per heavy atom. The Hall–Kier alpha value is -2.93. The highest BCUT2D eigenvalue weighted by molar-refractivity contribution is 9.10. The second-order valence-electron chi connectivity index (χ2n) is 8.37. The summed E-state index contributed by atoms with van der Waals surface area (Å²) >= 11 is 10.5. The van der Waals surface area contributed by atoms with Gasteiger partial charge in [0, 0.05) is 0 Å². The Morgan fingerprint density at radius 3 is 2.57 bits per heavy atom. The molecule has 0 N–H and O–H groups in total. The largest absolute Gasteiger partial charge is 0.488 e. The van der Waals surface area contributed by atoms with Crippen LogP contribution in [0, 0.1) is 6.92 Å². The van der Waals surface area contributed by atoms with Crippen LogP contribution in [0.4, 0.5) is 0 Å². The lowest BCUT2D eigenvalue weighted by molar-refractivity contribution is -0.122. The molecule has 35 heavy (non-hydrogen) atoms. The molecule has 6 heteroatoms. The van der Waals surface area contributed by atoms with Gasteiger partial charge in [-0.05, 0) is 68.5 Å². The van der Waals surface area contributed by atoms with Gasteiger partial charge in [0.05, 0.1) is 15.9 Å². The molecule has 0 aromatic heterocycles. The Morgan fingerprint density at radius 1 is 1.00 bits per heavy atom. The molecular weight excluding hydrogens is 538 g/mol. The van der Waals surface area contributed by atoms with Gasteiger partial charge in [-0.15, -0.1) is 0 Å². The lowest BCUT2D eigenvalue weighted by Crippen LogP contribution is -2.27. The molecule has 1 saturated heterocycles. The number of thioether (sulfide) groups is 1. The molecule has 0 radical (unpaired) electrons. The van der Waals surface area contributed by atoms with Crippen LogP contribution in [0.2, 0.25) is 0 Å². The molecule has 1 heterocycles. The van der Waals surface area contributed by atoms with Crippen molar-refractivity contribution in [1.82, 2.24) is 4.90 Å². The fourth-order valence-electron chi connectivity index (χ4n) is 3.96. The molecule has 0 saturated carbocycles. The second-order valence-corrected chi connectivity index (χ2v) is 10.9. The minimum Gasteiger partial charge on any atom is -0.488 e. The molecule has 1 aliphatic rings. The van der Waals surface area contributed by atoms with Crippen molar-refractivity contribution in [1.29, 1.82) is 0 Å². The van der Waals surface area contributed by atoms with Gasteiger partial charge in [-0.3, -0.25) is 9.69 Å². The van der Waals surface area contributed by atoms with E-state index >= 15 is 0 Å². The van der Waals surface area contributed by atoms with Crippen molar-refractivity contribution in [2.24, 2.45) is 0 Å². The van der Waals surface area contributed by atoms with Crippen LogP contribution in [-0.2, 0) is 17.9 Å². The van der Waals surface area contributed by atoms with Gasteiger partial charge < -0.3 is 4.74 Å². The first-order valence-corrected chi connectivity index (χ1v) is 13.2. The van der Waals surface area contributed by atoms with Crippen LogP contribution >= 0.6 is 39.9 Å². The van der Waals surface area contributed by atoms with Gasteiger partial charge in [-0.25, -0.2) is 0 Å². The lowest BCUT2D eigenvalue weighted by atomic mass is 10.1. The number of nitrogens with zero attached hydrogens (tertiary/aromatic N) is 1. The summed E-state index contributed by atoms with van der Waals surface area (Å²) in [5.74, 6) is 0.690. The Kier molecular flexibility index (Phi) is 7.04. The average molecular weight is 561 g/mol. The third-order valence-corrected chi connectivity index (χ3v) is 7.85. The topological polar surface area (TPSA) is 29.5 Å². The molecule has 0 bridgehead atoms. The molecule has 3 nitrogen and oxygen atoms in total. The monoisotopic (exact) mass is 559 g/mol. The predicted molar refractivity (Wildman–Crippen MR) is 152 cm³/mol. The fourth-order valence-corrected chi connectivity index (χ4v) is 5.73. The summed E-state index contributed by atoms with van der Waals surface area (Å²) in [7, 11) is 0. The van der Waals surface area contributed by atoms with E-state index in [-0.39, 0.29) is 5.91 Å². The van der Waals surface area contributed by atoms with Crippen molar-refractivity contribution in [3.8, 4) is 5.75 Å². The number of fused-ring (bicyclic) bond motifs is 1. The van der Waals surface area contributed by atoms with Gasteiger partial charge in [0.15, 0.2) is 0 Å². The van der Waals surface area contributed by atoms with Crippen LogP contribution in [0.3, 0.4) is 0 Å². The van der Waals surface area contributed by atoms with Crippen LogP contribution in [0.25, 0.3) is 16.8 Å². The average Bonchev–Trinajstić information content (AvgIpc) is 3.12. The third kappa shape index (κ3) is 5.35. The van der Waals surface area contributed by atoms with Crippen molar-refractivity contribution in [2.75, 3.05) is 0 Å². The third-order valence-electron chi connectivity index (χ3n) is 5.85. The van der Waals surface area contributed by atoms with Gasteiger partial charge in [0.2, 0.25) is 0 Å². The minimum absolute atomic E-state index is 0.0621. The number of benzene rings is 4. The SMILES string of the molecule is Cc1ccc(CN2C(=O)/C(=C/c3ccc(OCc4cccc5ccccc45)c(Br)c3)SC2=S)cc1. The van der Waals surface area contributed by atoms with Crippen molar-refractivity contribution < 1.29 is 9.53 Å². The molecule has 1 fully saturated rings. The number of carbonyl (C=O) groups is 1. The number of aryl methyl sites for hydroxylation is 1. The summed E-state index contributed by atoms with van der Waals surface area (Å²) in [5, 5.41) is 2.39. The van der Waals surface area contributed by atoms with Crippen molar-refractivity contribution in [2.45, 2.75) is 20.1 Å². The summed E-state index contributed by atoms with van der Waals surface area (Å²) in [5.41, 5.74) is 4.29. The smallest absolute Gasteiger partial charge is 0.266 e. The maximum absolute atomic E-state index is 13.0. The first kappa shape index (κ1) is 23.8. The van der Waals surface area contributed by atoms with Crippen LogP contribution in [0.15, 0.2) is 94.3 Å². The van der Waals surface area contributed by atoms with Crippen molar-refractivity contribution in [3.05, 3.63) is 117 Å². The van der Waals surface area contributed by atoms with Crippen LogP contribution in [0.5, 0.6) is 5.75 Å². The van der Waals surface area contributed by atoms with E-state index in [2.05, 4.69) is 40.2 Å². The first-order valence-electron chi connectivity index (χ1n) is 11.2. The minimum atomic E-state index is -0.0621. The van der Waals surface area contributed by atoms with E-state index in [1.807, 2.05) is 73.7 Å². The number of thiocarbonyl (C=S) groups is 1. The maximum atomic E-state index is 13.0. The summed E-state index contributed by atoms with van der Waals surface area (Å²) in [6.07, 6.45) is 1.88. The Balaban J connectivity index is 1.29. The number of hydrogen-bond acceptors (Lipinski definition) is 4. The lowest BCUT2D eigenvalue weighted by Gasteiger charge is -2.14. The van der Waals surface area contributed by atoms with E-state index in [0.29, 0.717) is 22.4 Å². The fraction of sp³-hybridized carbons (Fsp3) is 0.103. The first-order chi connectivity index (χ1) is 17.0. The number of rotatable bonds is 6. The van der Waals surface area contributed by atoms with E-state index in [4.69, 9.17) is 17.0 Å². The van der Waals surface area contributed by atoms with E-state index in [1.54, 1.807) is 4.90 Å². The molecule has 0 atom stereocenters. The summed E-state index contributed by atoms with van der Waals surface area (Å²) < 4.78 is 7.53. The molecule has 0 aliphatic carbocycles. The van der Waals surface area contributed by atoms with Crippen molar-refractivity contribution >= 4 is 67.0 Å². The number of carbonyl (C=O) groups excluding carboxylic acids is 1. The van der Waals surface area contributed by atoms with Gasteiger partial charge in [0.25, 0.3) is 5.91 Å². The highest BCUT2D eigenvalue weighted by Gasteiger charge is 2.32. The van der Waals surface area contributed by atoms with Gasteiger partial charge in [-0.1, -0.05) is 102 Å². The number of ether oxygens (including phenoxy) is 1. The molecule has 1 aliphatic heterocycles. The Bertz CT molecular complexity index is 1460. The van der Waals surface area contributed by atoms with E-state index in [1.165, 1.54) is 28.1 Å². The van der Waals surface area contributed by atoms with Crippen LogP contribution in [0.1, 0.15) is 22.3 Å². The van der Waals surface area contributed by atoms with Gasteiger partial charge in [0.1, 0.15) is 16.7 Å². The van der Waals surface area contributed by atoms with E-state index in [9.17, 15) is 4.79 Å². The second kappa shape index (κ2) is 10.4. The summed E-state index contributed by atoms with van der Waals surface area (Å²) in [6.45, 7) is 2.99. The van der Waals surface area contributed by atoms with E-state index < -0.39 is 0 Å². The zero-order valence-corrected chi connectivity index (χ0v) is 22.3. The summed E-state index contributed by atoms with van der Waals surface area (Å²) in [6, 6.07) is 28.5. The van der Waals surface area contributed by atoms with Gasteiger partial charge >= 0.3 is 0 Å². The van der Waals surface area contributed by atoms with E-state index in [0.717, 1.165) is 26.9 Å². The number of amides is 1. The van der Waals surface area contributed by atoms with Crippen LogP contribution in [-0.4, -0.2) is 15.1 Å². The standard InChI is InChI=1S/C29H22BrNO2S2/c1-19-9-11-20(12-10-19)17-31-28(32)27(35-29(31)34)16-21-13-14-26(25(30)15-21)33-18-23-7-4-6-22-5-2-3-8-24(22)23/h2-16H,17-18H2,1H3/b27-16-.